The van der Waals surface area contributed by atoms with Gasteiger partial charge < -0.3 is 4.42 Å². The molecule has 0 N–H and O–H groups in total. The molecule has 2 nitrogen and oxygen atoms in total. The predicted octanol–water partition coefficient (Wildman–Crippen LogP) is 4.80. The van der Waals surface area contributed by atoms with Gasteiger partial charge in [0.2, 0.25) is 0 Å². The molecule has 1 aromatic carbocycles. The third-order valence-corrected chi connectivity index (χ3v) is 3.03. The Morgan fingerprint density at radius 3 is 2.63 bits per heavy atom. The lowest BCUT2D eigenvalue weighted by Crippen LogP contribution is -1.87. The summed E-state index contributed by atoms with van der Waals surface area (Å²) in [6.07, 6.45) is 3.20. The average molecular weight is 274 g/mol. The van der Waals surface area contributed by atoms with E-state index in [1.54, 1.807) is 36.7 Å². The topological polar surface area (TPSA) is 26.0 Å². The Kier molecular flexibility index (Phi) is 3.05. The van der Waals surface area contributed by atoms with Crippen LogP contribution < -0.4 is 0 Å². The molecule has 0 saturated heterocycles. The van der Waals surface area contributed by atoms with Crippen LogP contribution in [-0.2, 0) is 0 Å². The van der Waals surface area contributed by atoms with Crippen LogP contribution in [0.1, 0.15) is 0 Å². The van der Waals surface area contributed by atoms with E-state index < -0.39 is 0 Å². The van der Waals surface area contributed by atoms with Crippen LogP contribution in [0.25, 0.3) is 22.5 Å². The van der Waals surface area contributed by atoms with E-state index in [0.717, 1.165) is 16.7 Å². The first kappa shape index (κ1) is 11.9. The fourth-order valence-electron chi connectivity index (χ4n) is 1.94. The second-order valence-corrected chi connectivity index (χ2v) is 4.42. The molecule has 3 rings (SSSR count). The molecule has 0 aliphatic heterocycles. The van der Waals surface area contributed by atoms with Crippen molar-refractivity contribution in [2.75, 3.05) is 0 Å². The molecule has 0 atom stereocenters. The predicted molar refractivity (Wildman–Crippen MR) is 72.3 cm³/mol. The van der Waals surface area contributed by atoms with E-state index >= 15 is 0 Å². The molecule has 2 heterocycles. The summed E-state index contributed by atoms with van der Waals surface area (Å²) in [7, 11) is 0. The van der Waals surface area contributed by atoms with E-state index in [0.29, 0.717) is 10.9 Å². The van der Waals surface area contributed by atoms with Gasteiger partial charge in [-0.3, -0.25) is 0 Å². The molecule has 0 spiro atoms. The van der Waals surface area contributed by atoms with Gasteiger partial charge in [0, 0.05) is 17.3 Å². The minimum Gasteiger partial charge on any atom is -0.464 e. The van der Waals surface area contributed by atoms with Crippen molar-refractivity contribution < 1.29 is 8.81 Å². The van der Waals surface area contributed by atoms with Crippen LogP contribution in [0.3, 0.4) is 0 Å². The zero-order valence-corrected chi connectivity index (χ0v) is 10.6. The molecule has 0 saturated carbocycles. The van der Waals surface area contributed by atoms with Gasteiger partial charge in [-0.05, 0) is 48.0 Å². The number of aromatic nitrogens is 1. The summed E-state index contributed by atoms with van der Waals surface area (Å²) in [4.78, 5) is 4.02. The van der Waals surface area contributed by atoms with Crippen molar-refractivity contribution in [1.29, 1.82) is 0 Å². The second-order valence-electron chi connectivity index (χ2n) is 4.04. The Labute approximate surface area is 114 Å². The third-order valence-electron chi connectivity index (χ3n) is 2.81. The zero-order chi connectivity index (χ0) is 13.2. The molecule has 0 aliphatic carbocycles. The summed E-state index contributed by atoms with van der Waals surface area (Å²) in [5, 5.41) is 0.403. The summed E-state index contributed by atoms with van der Waals surface area (Å²) in [5.74, 6) is 0.380. The maximum absolute atomic E-state index is 13.5. The molecule has 0 amide bonds. The molecular formula is C15H9ClFNO. The van der Waals surface area contributed by atoms with Crippen molar-refractivity contribution in [3.63, 3.8) is 0 Å². The van der Waals surface area contributed by atoms with Crippen LogP contribution in [0.2, 0.25) is 5.15 Å². The highest BCUT2D eigenvalue weighted by atomic mass is 35.5. The monoisotopic (exact) mass is 273 g/mol. The fourth-order valence-corrected chi connectivity index (χ4v) is 2.05. The first-order chi connectivity index (χ1) is 9.24. The van der Waals surface area contributed by atoms with Gasteiger partial charge in [-0.1, -0.05) is 11.6 Å². The number of benzene rings is 1. The Morgan fingerprint density at radius 2 is 1.95 bits per heavy atom. The lowest BCUT2D eigenvalue weighted by Gasteiger charge is -2.07. The van der Waals surface area contributed by atoms with E-state index in [9.17, 15) is 4.39 Å². The molecule has 19 heavy (non-hydrogen) atoms. The van der Waals surface area contributed by atoms with E-state index in [2.05, 4.69) is 4.98 Å². The van der Waals surface area contributed by atoms with Crippen LogP contribution in [-0.4, -0.2) is 4.98 Å². The van der Waals surface area contributed by atoms with Crippen molar-refractivity contribution >= 4 is 11.6 Å². The van der Waals surface area contributed by atoms with Crippen molar-refractivity contribution in [2.24, 2.45) is 0 Å². The molecule has 0 unspecified atom stereocenters. The Bertz CT molecular complexity index is 693. The SMILES string of the molecule is Fc1ccc(-c2ccco2)c(-c2ccc(Cl)nc2)c1. The lowest BCUT2D eigenvalue weighted by atomic mass is 9.99. The summed E-state index contributed by atoms with van der Waals surface area (Å²) in [5.41, 5.74) is 2.32. The van der Waals surface area contributed by atoms with E-state index in [1.165, 1.54) is 12.1 Å². The number of halogens is 2. The van der Waals surface area contributed by atoms with Crippen molar-refractivity contribution in [3.05, 3.63) is 65.9 Å². The minimum absolute atomic E-state index is 0.305. The second kappa shape index (κ2) is 4.86. The van der Waals surface area contributed by atoms with Gasteiger partial charge in [0.15, 0.2) is 0 Å². The highest BCUT2D eigenvalue weighted by Gasteiger charge is 2.11. The summed E-state index contributed by atoms with van der Waals surface area (Å²) in [6, 6.07) is 11.7. The maximum Gasteiger partial charge on any atom is 0.134 e. The highest BCUT2D eigenvalue weighted by Crippen LogP contribution is 2.32. The molecule has 3 aromatic rings. The number of pyridine rings is 1. The van der Waals surface area contributed by atoms with Gasteiger partial charge in [0.05, 0.1) is 6.26 Å². The standard InChI is InChI=1S/C15H9ClFNO/c16-15-6-3-10(9-18-15)13-8-11(17)4-5-12(13)14-2-1-7-19-14/h1-9H. The van der Waals surface area contributed by atoms with Crippen LogP contribution >= 0.6 is 11.6 Å². The Balaban J connectivity index is 2.19. The molecule has 0 radical (unpaired) electrons. The van der Waals surface area contributed by atoms with Gasteiger partial charge in [-0.15, -0.1) is 0 Å². The van der Waals surface area contributed by atoms with Crippen LogP contribution in [0.5, 0.6) is 0 Å². The first-order valence-corrected chi connectivity index (χ1v) is 6.07. The van der Waals surface area contributed by atoms with Crippen LogP contribution in [0, 0.1) is 5.82 Å². The summed E-state index contributed by atoms with van der Waals surface area (Å²) < 4.78 is 18.9. The van der Waals surface area contributed by atoms with Crippen molar-refractivity contribution in [3.8, 4) is 22.5 Å². The van der Waals surface area contributed by atoms with Gasteiger partial charge in [-0.25, -0.2) is 9.37 Å². The average Bonchev–Trinajstić information content (AvgIpc) is 2.93. The largest absolute Gasteiger partial charge is 0.464 e. The van der Waals surface area contributed by atoms with Gasteiger partial charge in [-0.2, -0.15) is 0 Å². The molecule has 0 bridgehead atoms. The van der Waals surface area contributed by atoms with Crippen LogP contribution in [0.4, 0.5) is 4.39 Å². The molecule has 94 valence electrons. The Hall–Kier alpha value is -2.13. The Morgan fingerprint density at radius 1 is 1.05 bits per heavy atom. The van der Waals surface area contributed by atoms with Gasteiger partial charge >= 0.3 is 0 Å². The highest BCUT2D eigenvalue weighted by molar-refractivity contribution is 6.29. The van der Waals surface area contributed by atoms with Crippen LogP contribution in [0.15, 0.2) is 59.3 Å². The molecule has 0 fully saturated rings. The molecule has 2 aromatic heterocycles. The van der Waals surface area contributed by atoms with Crippen molar-refractivity contribution in [2.45, 2.75) is 0 Å². The molecular weight excluding hydrogens is 265 g/mol. The number of furan rings is 1. The van der Waals surface area contributed by atoms with E-state index in [-0.39, 0.29) is 5.82 Å². The van der Waals surface area contributed by atoms with E-state index in [1.807, 2.05) is 6.07 Å². The van der Waals surface area contributed by atoms with Gasteiger partial charge in [0.25, 0.3) is 0 Å². The smallest absolute Gasteiger partial charge is 0.134 e. The van der Waals surface area contributed by atoms with E-state index in [4.69, 9.17) is 16.0 Å². The minimum atomic E-state index is -0.305. The number of hydrogen-bond donors (Lipinski definition) is 0. The number of rotatable bonds is 2. The molecule has 0 aliphatic rings. The number of hydrogen-bond acceptors (Lipinski definition) is 2. The number of nitrogens with zero attached hydrogens (tertiary/aromatic N) is 1. The molecule has 4 heteroatoms. The van der Waals surface area contributed by atoms with Gasteiger partial charge in [0.1, 0.15) is 16.7 Å². The lowest BCUT2D eigenvalue weighted by molar-refractivity contribution is 0.582. The van der Waals surface area contributed by atoms with Crippen molar-refractivity contribution in [1.82, 2.24) is 4.98 Å². The summed E-state index contributed by atoms with van der Waals surface area (Å²) in [6.45, 7) is 0. The normalized spacial score (nSPS) is 10.6. The third kappa shape index (κ3) is 2.37. The first-order valence-electron chi connectivity index (χ1n) is 5.69. The quantitative estimate of drug-likeness (QED) is 0.627. The zero-order valence-electron chi connectivity index (χ0n) is 9.81. The summed E-state index contributed by atoms with van der Waals surface area (Å²) >= 11 is 5.77. The fraction of sp³-hybridized carbons (Fsp3) is 0. The maximum atomic E-state index is 13.5.